The Kier molecular flexibility index (Phi) is 10.3. The van der Waals surface area contributed by atoms with Crippen molar-refractivity contribution in [2.75, 3.05) is 0 Å². The maximum absolute atomic E-state index is 5.57. The normalized spacial score (nSPS) is 11.6. The van der Waals surface area contributed by atoms with E-state index in [1.165, 1.54) is 43.8 Å². The molecule has 4 heterocycles. The van der Waals surface area contributed by atoms with E-state index in [1.54, 1.807) is 0 Å². The van der Waals surface area contributed by atoms with Gasteiger partial charge in [-0.1, -0.05) is 168 Å². The molecule has 0 amide bonds. The number of rotatable bonds is 8. The Bertz CT molecular complexity index is 3720. The lowest BCUT2D eigenvalue weighted by molar-refractivity contribution is 1.10. The first-order valence-corrected chi connectivity index (χ1v) is 24.5. The molecule has 0 aliphatic heterocycles. The van der Waals surface area contributed by atoms with Gasteiger partial charge >= 0.3 is 0 Å². The fourth-order valence-corrected chi connectivity index (χ4v) is 10.5. The van der Waals surface area contributed by atoms with Crippen LogP contribution in [0.25, 0.3) is 123 Å². The summed E-state index contributed by atoms with van der Waals surface area (Å²) < 4.78 is 4.81. The van der Waals surface area contributed by atoms with E-state index >= 15 is 0 Å². The predicted octanol–water partition coefficient (Wildman–Crippen LogP) is 16.7. The molecule has 0 aliphatic rings. The number of aryl methyl sites for hydroxylation is 4. The van der Waals surface area contributed by atoms with Crippen molar-refractivity contribution in [3.63, 3.8) is 0 Å². The second-order valence-electron chi connectivity index (χ2n) is 19.0. The van der Waals surface area contributed by atoms with Gasteiger partial charge in [0.1, 0.15) is 0 Å². The predicted molar refractivity (Wildman–Crippen MR) is 298 cm³/mol. The lowest BCUT2D eigenvalue weighted by Crippen LogP contribution is -2.07. The van der Waals surface area contributed by atoms with Crippen LogP contribution in [0.1, 0.15) is 22.3 Å². The van der Waals surface area contributed by atoms with Crippen LogP contribution in [0.3, 0.4) is 0 Å². The topological polar surface area (TPSA) is 61.4 Å². The molecule has 9 aromatic carbocycles. The quantitative estimate of drug-likeness (QED) is 0.152. The van der Waals surface area contributed by atoms with Crippen molar-refractivity contribution in [1.29, 1.82) is 0 Å². The minimum absolute atomic E-state index is 0.601. The number of benzene rings is 9. The molecule has 0 spiro atoms. The smallest absolute Gasteiger partial charge is 0.162 e. The van der Waals surface area contributed by atoms with Crippen molar-refractivity contribution in [1.82, 2.24) is 29.1 Å². The maximum atomic E-state index is 5.57. The molecule has 0 atom stereocenters. The SMILES string of the molecule is Cc1ccc2c(c1)c1cc(C)ccc1n2-c1cc(-c2nc(-c3ccccc3)cc(-c3ccccc3)n2)c(-n2c3ccc(C)cc3c3cc(C)ccc32)cc1-c1nc(-c2ccccc2)cc(-c2ccccc2)n1. The molecule has 0 unspecified atom stereocenters. The molecule has 0 saturated heterocycles. The minimum atomic E-state index is 0.601. The average Bonchev–Trinajstić information content (AvgIpc) is 3.91. The average molecular weight is 925 g/mol. The van der Waals surface area contributed by atoms with E-state index in [0.717, 1.165) is 89.6 Å². The number of hydrogen-bond donors (Lipinski definition) is 0. The minimum Gasteiger partial charge on any atom is -0.308 e. The summed E-state index contributed by atoms with van der Waals surface area (Å²) in [6, 6.07) is 77.6. The van der Waals surface area contributed by atoms with Gasteiger partial charge < -0.3 is 9.13 Å². The third-order valence-electron chi connectivity index (χ3n) is 14.0. The Morgan fingerprint density at radius 1 is 0.264 bits per heavy atom. The summed E-state index contributed by atoms with van der Waals surface area (Å²) in [6.07, 6.45) is 0. The molecular weight excluding hydrogens is 877 g/mol. The maximum Gasteiger partial charge on any atom is 0.162 e. The Balaban J connectivity index is 1.23. The highest BCUT2D eigenvalue weighted by atomic mass is 15.0. The van der Waals surface area contributed by atoms with Crippen LogP contribution < -0.4 is 0 Å². The molecule has 0 N–H and O–H groups in total. The fourth-order valence-electron chi connectivity index (χ4n) is 10.5. The second kappa shape index (κ2) is 17.3. The summed E-state index contributed by atoms with van der Waals surface area (Å²) in [5.74, 6) is 1.20. The van der Waals surface area contributed by atoms with Gasteiger partial charge in [-0.25, -0.2) is 19.9 Å². The molecule has 0 saturated carbocycles. The third-order valence-corrected chi connectivity index (χ3v) is 14.0. The van der Waals surface area contributed by atoms with Crippen molar-refractivity contribution in [2.45, 2.75) is 27.7 Å². The fraction of sp³-hybridized carbons (Fsp3) is 0.0606. The summed E-state index contributed by atoms with van der Waals surface area (Å²) in [4.78, 5) is 22.3. The van der Waals surface area contributed by atoms with E-state index in [-0.39, 0.29) is 0 Å². The first-order chi connectivity index (χ1) is 35.3. The van der Waals surface area contributed by atoms with Crippen LogP contribution in [0.15, 0.2) is 218 Å². The summed E-state index contributed by atoms with van der Waals surface area (Å²) >= 11 is 0. The molecular formula is C66H48N6. The van der Waals surface area contributed by atoms with Gasteiger partial charge in [0.05, 0.1) is 56.2 Å². The van der Waals surface area contributed by atoms with Gasteiger partial charge in [-0.15, -0.1) is 0 Å². The molecule has 0 radical (unpaired) electrons. The molecule has 0 fully saturated rings. The molecule has 13 aromatic rings. The van der Waals surface area contributed by atoms with Gasteiger partial charge in [0.2, 0.25) is 0 Å². The first kappa shape index (κ1) is 42.8. The van der Waals surface area contributed by atoms with E-state index < -0.39 is 0 Å². The van der Waals surface area contributed by atoms with E-state index in [0.29, 0.717) is 11.6 Å². The summed E-state index contributed by atoms with van der Waals surface area (Å²) in [6.45, 7) is 8.67. The highest BCUT2D eigenvalue weighted by molar-refractivity contribution is 6.12. The molecule has 342 valence electrons. The zero-order valence-corrected chi connectivity index (χ0v) is 40.5. The van der Waals surface area contributed by atoms with Crippen LogP contribution in [0, 0.1) is 27.7 Å². The van der Waals surface area contributed by atoms with Gasteiger partial charge in [0.25, 0.3) is 0 Å². The van der Waals surface area contributed by atoms with Crippen LogP contribution in [-0.2, 0) is 0 Å². The zero-order valence-electron chi connectivity index (χ0n) is 40.5. The summed E-state index contributed by atoms with van der Waals surface area (Å²) in [7, 11) is 0. The molecule has 13 rings (SSSR count). The van der Waals surface area contributed by atoms with Gasteiger partial charge in [-0.05, 0) is 100 Å². The molecule has 0 bridgehead atoms. The monoisotopic (exact) mass is 924 g/mol. The Hall–Kier alpha value is -9.26. The summed E-state index contributed by atoms with van der Waals surface area (Å²) in [5, 5.41) is 4.71. The number of aromatic nitrogens is 6. The Morgan fingerprint density at radius 3 is 0.764 bits per heavy atom. The number of nitrogens with zero attached hydrogens (tertiary/aromatic N) is 6. The lowest BCUT2D eigenvalue weighted by Gasteiger charge is -2.21. The largest absolute Gasteiger partial charge is 0.308 e. The van der Waals surface area contributed by atoms with E-state index in [2.05, 4.69) is 231 Å². The van der Waals surface area contributed by atoms with Gasteiger partial charge in [0.15, 0.2) is 11.6 Å². The van der Waals surface area contributed by atoms with Crippen LogP contribution in [0.2, 0.25) is 0 Å². The number of hydrogen-bond acceptors (Lipinski definition) is 4. The Morgan fingerprint density at radius 2 is 0.514 bits per heavy atom. The molecule has 6 nitrogen and oxygen atoms in total. The van der Waals surface area contributed by atoms with Gasteiger partial charge in [-0.3, -0.25) is 0 Å². The lowest BCUT2D eigenvalue weighted by atomic mass is 10.0. The number of fused-ring (bicyclic) bond motifs is 6. The zero-order chi connectivity index (χ0) is 48.5. The van der Waals surface area contributed by atoms with E-state index in [1.807, 2.05) is 24.3 Å². The second-order valence-corrected chi connectivity index (χ2v) is 19.0. The van der Waals surface area contributed by atoms with E-state index in [4.69, 9.17) is 19.9 Å². The van der Waals surface area contributed by atoms with Crippen molar-refractivity contribution < 1.29 is 0 Å². The van der Waals surface area contributed by atoms with Crippen LogP contribution in [0.5, 0.6) is 0 Å². The van der Waals surface area contributed by atoms with E-state index in [9.17, 15) is 0 Å². The third kappa shape index (κ3) is 7.44. The van der Waals surface area contributed by atoms with Gasteiger partial charge in [-0.2, -0.15) is 0 Å². The standard InChI is InChI=1S/C66H48N6/c1-41-25-29-59-49(33-41)50-34-42(2)26-30-60(50)71(59)63-37-54(66-69-57(47-21-13-7-14-22-47)40-58(70-66)48-23-15-8-16-24-48)64(72-61-31-27-43(3)35-51(61)52-36-44(4)28-32-62(52)72)38-53(63)65-67-55(45-17-9-5-10-18-45)39-56(68-65)46-19-11-6-12-20-46/h5-40H,1-4H3. The van der Waals surface area contributed by atoms with Crippen molar-refractivity contribution in [3.05, 3.63) is 241 Å². The first-order valence-electron chi connectivity index (χ1n) is 24.5. The summed E-state index contributed by atoms with van der Waals surface area (Å²) in [5.41, 5.74) is 20.0. The molecule has 72 heavy (non-hydrogen) atoms. The highest BCUT2D eigenvalue weighted by Gasteiger charge is 2.26. The van der Waals surface area contributed by atoms with Crippen LogP contribution in [-0.4, -0.2) is 29.1 Å². The van der Waals surface area contributed by atoms with Crippen molar-refractivity contribution in [3.8, 4) is 79.2 Å². The van der Waals surface area contributed by atoms with Crippen LogP contribution in [0.4, 0.5) is 0 Å². The van der Waals surface area contributed by atoms with Crippen LogP contribution >= 0.6 is 0 Å². The van der Waals surface area contributed by atoms with Crippen molar-refractivity contribution in [2.24, 2.45) is 0 Å². The molecule has 0 aliphatic carbocycles. The van der Waals surface area contributed by atoms with Crippen molar-refractivity contribution >= 4 is 43.6 Å². The van der Waals surface area contributed by atoms with Gasteiger partial charge in [0, 0.05) is 54.9 Å². The Labute approximate surface area is 418 Å². The molecule has 6 heteroatoms. The highest BCUT2D eigenvalue weighted by Crippen LogP contribution is 2.44. The molecule has 4 aromatic heterocycles.